The van der Waals surface area contributed by atoms with E-state index in [-0.39, 0.29) is 12.2 Å². The van der Waals surface area contributed by atoms with Gasteiger partial charge < -0.3 is 4.79 Å². The zero-order valence-electron chi connectivity index (χ0n) is 11.2. The number of hydrogen-bond donors (Lipinski definition) is 0. The second-order valence-corrected chi connectivity index (χ2v) is 4.65. The Kier molecular flexibility index (Phi) is 12.9. The second-order valence-electron chi connectivity index (χ2n) is 4.65. The van der Waals surface area contributed by atoms with Crippen molar-refractivity contribution >= 4 is 12.1 Å². The molecule has 0 amide bonds. The molecule has 0 aromatic carbocycles. The molecule has 0 N–H and O–H groups in total. The first-order valence-electron chi connectivity index (χ1n) is 7.11. The van der Waals surface area contributed by atoms with Crippen molar-refractivity contribution in [1.82, 2.24) is 0 Å². The van der Waals surface area contributed by atoms with E-state index < -0.39 is 0 Å². The molecule has 0 atom stereocenters. The van der Waals surface area contributed by atoms with Gasteiger partial charge in [-0.2, -0.15) is 0 Å². The fourth-order valence-electron chi connectivity index (χ4n) is 1.89. The Bertz CT molecular complexity index is 187. The number of rotatable bonds is 13. The van der Waals surface area contributed by atoms with Crippen LogP contribution in [-0.2, 0) is 9.59 Å². The number of aldehydes is 1. The van der Waals surface area contributed by atoms with Crippen LogP contribution in [0.25, 0.3) is 0 Å². The minimum absolute atomic E-state index is 0.125. The summed E-state index contributed by atoms with van der Waals surface area (Å²) in [7, 11) is 0. The Hall–Kier alpha value is -0.660. The fourth-order valence-corrected chi connectivity index (χ4v) is 1.89. The van der Waals surface area contributed by atoms with Crippen LogP contribution in [0, 0.1) is 6.42 Å². The maximum absolute atomic E-state index is 11.2. The third-order valence-corrected chi connectivity index (χ3v) is 2.97. The van der Waals surface area contributed by atoms with Crippen molar-refractivity contribution in [3.05, 3.63) is 6.42 Å². The lowest BCUT2D eigenvalue weighted by Crippen LogP contribution is -1.98. The molecule has 2 heteroatoms. The van der Waals surface area contributed by atoms with Gasteiger partial charge in [-0.05, 0) is 6.42 Å². The van der Waals surface area contributed by atoms with Crippen LogP contribution in [0.2, 0.25) is 0 Å². The summed E-state index contributed by atoms with van der Waals surface area (Å²) in [6.07, 6.45) is 14.6. The van der Waals surface area contributed by atoms with Gasteiger partial charge in [-0.15, -0.1) is 0 Å². The summed E-state index contributed by atoms with van der Waals surface area (Å²) in [6, 6.07) is 0. The highest BCUT2D eigenvalue weighted by Crippen LogP contribution is 2.10. The molecule has 99 valence electrons. The van der Waals surface area contributed by atoms with Gasteiger partial charge in [0.1, 0.15) is 12.1 Å². The summed E-state index contributed by atoms with van der Waals surface area (Å²) in [5, 5.41) is 0. The minimum atomic E-state index is 0.125. The van der Waals surface area contributed by atoms with Gasteiger partial charge in [0.05, 0.1) is 0 Å². The SMILES string of the molecule is CCCCCCCCCCCC(=O)[CH]CC=O. The molecular formula is C15H27O2. The first-order chi connectivity index (χ1) is 8.31. The molecule has 0 aliphatic heterocycles. The van der Waals surface area contributed by atoms with Crippen molar-refractivity contribution in [2.75, 3.05) is 0 Å². The molecule has 1 radical (unpaired) electrons. The van der Waals surface area contributed by atoms with E-state index in [4.69, 9.17) is 0 Å². The van der Waals surface area contributed by atoms with Gasteiger partial charge in [-0.1, -0.05) is 58.3 Å². The molecule has 0 saturated carbocycles. The highest BCUT2D eigenvalue weighted by molar-refractivity contribution is 5.88. The average Bonchev–Trinajstić information content (AvgIpc) is 2.34. The standard InChI is InChI=1S/C15H27O2/c1-2-3-4-5-6-7-8-9-10-12-15(17)13-11-14-16/h13-14H,2-12H2,1H3. The predicted molar refractivity (Wildman–Crippen MR) is 71.8 cm³/mol. The Balaban J connectivity index is 3.07. The third-order valence-electron chi connectivity index (χ3n) is 2.97. The van der Waals surface area contributed by atoms with Crippen molar-refractivity contribution < 1.29 is 9.59 Å². The van der Waals surface area contributed by atoms with E-state index in [1.165, 1.54) is 51.4 Å². The van der Waals surface area contributed by atoms with Crippen LogP contribution in [0.5, 0.6) is 0 Å². The zero-order chi connectivity index (χ0) is 12.8. The Morgan fingerprint density at radius 1 is 0.882 bits per heavy atom. The van der Waals surface area contributed by atoms with Crippen LogP contribution in [0.4, 0.5) is 0 Å². The number of ketones is 1. The number of carbonyl (C=O) groups is 2. The number of Topliss-reactive ketones (excluding diaryl/α,β-unsaturated/α-hetero) is 1. The monoisotopic (exact) mass is 239 g/mol. The molecular weight excluding hydrogens is 212 g/mol. The van der Waals surface area contributed by atoms with E-state index in [0.29, 0.717) is 6.42 Å². The van der Waals surface area contributed by atoms with Gasteiger partial charge in [0.2, 0.25) is 0 Å². The fraction of sp³-hybridized carbons (Fsp3) is 0.800. The lowest BCUT2D eigenvalue weighted by atomic mass is 10.0. The van der Waals surface area contributed by atoms with Gasteiger partial charge >= 0.3 is 0 Å². The number of carbonyl (C=O) groups excluding carboxylic acids is 2. The van der Waals surface area contributed by atoms with Gasteiger partial charge in [0.15, 0.2) is 0 Å². The molecule has 0 aromatic rings. The lowest BCUT2D eigenvalue weighted by molar-refractivity contribution is -0.117. The quantitative estimate of drug-likeness (QED) is 0.355. The lowest BCUT2D eigenvalue weighted by Gasteiger charge is -2.01. The average molecular weight is 239 g/mol. The zero-order valence-corrected chi connectivity index (χ0v) is 11.2. The summed E-state index contributed by atoms with van der Waals surface area (Å²) in [6.45, 7) is 2.23. The molecule has 0 aliphatic carbocycles. The minimum Gasteiger partial charge on any atom is -0.303 e. The van der Waals surface area contributed by atoms with E-state index in [9.17, 15) is 9.59 Å². The van der Waals surface area contributed by atoms with Crippen molar-refractivity contribution in [2.24, 2.45) is 0 Å². The summed E-state index contributed by atoms with van der Waals surface area (Å²) in [5.41, 5.74) is 0. The Morgan fingerprint density at radius 2 is 1.41 bits per heavy atom. The summed E-state index contributed by atoms with van der Waals surface area (Å²) >= 11 is 0. The highest BCUT2D eigenvalue weighted by Gasteiger charge is 2.01. The van der Waals surface area contributed by atoms with Gasteiger partial charge in [0, 0.05) is 19.3 Å². The first kappa shape index (κ1) is 16.3. The molecule has 0 heterocycles. The van der Waals surface area contributed by atoms with E-state index in [1.54, 1.807) is 0 Å². The molecule has 0 bridgehead atoms. The van der Waals surface area contributed by atoms with Crippen molar-refractivity contribution in [1.29, 1.82) is 0 Å². The molecule has 0 saturated heterocycles. The Morgan fingerprint density at radius 3 is 1.94 bits per heavy atom. The topological polar surface area (TPSA) is 34.1 Å². The highest BCUT2D eigenvalue weighted by atomic mass is 16.1. The molecule has 0 spiro atoms. The number of unbranched alkanes of at least 4 members (excludes halogenated alkanes) is 8. The van der Waals surface area contributed by atoms with Gasteiger partial charge in [-0.3, -0.25) is 4.79 Å². The van der Waals surface area contributed by atoms with Crippen LogP contribution in [0.1, 0.15) is 77.6 Å². The van der Waals surface area contributed by atoms with E-state index in [0.717, 1.165) is 19.1 Å². The molecule has 17 heavy (non-hydrogen) atoms. The van der Waals surface area contributed by atoms with Crippen molar-refractivity contribution in [3.8, 4) is 0 Å². The Labute approximate surface area is 106 Å². The van der Waals surface area contributed by atoms with Crippen molar-refractivity contribution in [2.45, 2.75) is 77.6 Å². The van der Waals surface area contributed by atoms with E-state index >= 15 is 0 Å². The molecule has 2 nitrogen and oxygen atoms in total. The first-order valence-corrected chi connectivity index (χ1v) is 7.11. The molecule has 0 unspecified atom stereocenters. The van der Waals surface area contributed by atoms with Gasteiger partial charge in [-0.25, -0.2) is 0 Å². The van der Waals surface area contributed by atoms with Gasteiger partial charge in [0.25, 0.3) is 0 Å². The molecule has 0 aromatic heterocycles. The normalized spacial score (nSPS) is 10.4. The predicted octanol–water partition coefficient (Wildman–Crippen LogP) is 4.27. The maximum atomic E-state index is 11.2. The second kappa shape index (κ2) is 13.4. The van der Waals surface area contributed by atoms with E-state index in [1.807, 2.05) is 0 Å². The third kappa shape index (κ3) is 13.3. The number of hydrogen-bond acceptors (Lipinski definition) is 2. The molecule has 0 rings (SSSR count). The van der Waals surface area contributed by atoms with Crippen LogP contribution >= 0.6 is 0 Å². The van der Waals surface area contributed by atoms with Crippen LogP contribution in [0.15, 0.2) is 0 Å². The maximum Gasteiger partial charge on any atom is 0.137 e. The summed E-state index contributed by atoms with van der Waals surface area (Å²) in [4.78, 5) is 21.2. The summed E-state index contributed by atoms with van der Waals surface area (Å²) in [5.74, 6) is 0.125. The largest absolute Gasteiger partial charge is 0.303 e. The van der Waals surface area contributed by atoms with Crippen LogP contribution in [-0.4, -0.2) is 12.1 Å². The van der Waals surface area contributed by atoms with E-state index in [2.05, 4.69) is 6.92 Å². The molecule has 0 aliphatic rings. The van der Waals surface area contributed by atoms with Crippen molar-refractivity contribution in [3.63, 3.8) is 0 Å². The molecule has 0 fully saturated rings. The smallest absolute Gasteiger partial charge is 0.137 e. The van der Waals surface area contributed by atoms with Crippen LogP contribution in [0.3, 0.4) is 0 Å². The van der Waals surface area contributed by atoms with Crippen LogP contribution < -0.4 is 0 Å². The summed E-state index contributed by atoms with van der Waals surface area (Å²) < 4.78 is 0.